The Bertz CT molecular complexity index is 328. The summed E-state index contributed by atoms with van der Waals surface area (Å²) in [5, 5.41) is 0. The van der Waals surface area contributed by atoms with Gasteiger partial charge in [-0.3, -0.25) is 4.98 Å². The Labute approximate surface area is 85.9 Å². The summed E-state index contributed by atoms with van der Waals surface area (Å²) in [5.74, 6) is 0. The van der Waals surface area contributed by atoms with E-state index in [0.29, 0.717) is 0 Å². The van der Waals surface area contributed by atoms with Crippen LogP contribution in [0.2, 0.25) is 0 Å². The molecule has 0 bridgehead atoms. The van der Waals surface area contributed by atoms with E-state index in [0.717, 1.165) is 12.8 Å². The Morgan fingerprint density at radius 1 is 1.14 bits per heavy atom. The Kier molecular flexibility index (Phi) is 2.67. The number of aromatic nitrogens is 1. The summed E-state index contributed by atoms with van der Waals surface area (Å²) in [7, 11) is 0. The van der Waals surface area contributed by atoms with Crippen molar-refractivity contribution in [3.8, 4) is 0 Å². The normalized spacial score (nSPS) is 15.6. The molecule has 1 heteroatoms. The van der Waals surface area contributed by atoms with Gasteiger partial charge in [0.1, 0.15) is 0 Å². The molecule has 74 valence electrons. The van der Waals surface area contributed by atoms with Gasteiger partial charge in [0.25, 0.3) is 0 Å². The van der Waals surface area contributed by atoms with Gasteiger partial charge in [-0.1, -0.05) is 31.1 Å². The van der Waals surface area contributed by atoms with Gasteiger partial charge in [-0.2, -0.15) is 0 Å². The van der Waals surface area contributed by atoms with Crippen LogP contribution in [0, 0.1) is 0 Å². The third kappa shape index (κ3) is 1.59. The van der Waals surface area contributed by atoms with Crippen LogP contribution in [0.1, 0.15) is 37.9 Å². The molecule has 0 atom stereocenters. The van der Waals surface area contributed by atoms with Crippen LogP contribution in [0.4, 0.5) is 0 Å². The fourth-order valence-corrected chi connectivity index (χ4v) is 2.22. The first-order valence-corrected chi connectivity index (χ1v) is 5.47. The van der Waals surface area contributed by atoms with Crippen molar-refractivity contribution in [1.82, 2.24) is 4.98 Å². The van der Waals surface area contributed by atoms with E-state index in [1.165, 1.54) is 24.1 Å². The molecule has 0 aromatic carbocycles. The number of pyridine rings is 1. The Balaban J connectivity index is 2.35. The molecule has 0 N–H and O–H groups in total. The zero-order chi connectivity index (χ0) is 9.97. The van der Waals surface area contributed by atoms with Gasteiger partial charge in [0.15, 0.2) is 0 Å². The summed E-state index contributed by atoms with van der Waals surface area (Å²) in [6.07, 6.45) is 6.48. The molecule has 2 rings (SSSR count). The second-order valence-corrected chi connectivity index (χ2v) is 3.88. The van der Waals surface area contributed by atoms with Crippen molar-refractivity contribution in [2.24, 2.45) is 0 Å². The summed E-state index contributed by atoms with van der Waals surface area (Å²) in [4.78, 5) is 4.45. The van der Waals surface area contributed by atoms with Gasteiger partial charge in [-0.15, -0.1) is 0 Å². The van der Waals surface area contributed by atoms with Gasteiger partial charge in [0, 0.05) is 18.3 Å². The molecule has 0 saturated heterocycles. The summed E-state index contributed by atoms with van der Waals surface area (Å²) in [6.45, 7) is 4.51. The number of rotatable bonds is 2. The molecule has 0 fully saturated rings. The standard InChI is InChI=1S/C13H17N/c1-3-10-8-12-6-5-7-14-13(12)9-11(10)4-2/h5-7H,3-4,8-9H2,1-2H3. The maximum atomic E-state index is 4.45. The van der Waals surface area contributed by atoms with Crippen LogP contribution in [-0.4, -0.2) is 4.98 Å². The van der Waals surface area contributed by atoms with E-state index in [1.54, 1.807) is 11.1 Å². The average Bonchev–Trinajstić information content (AvgIpc) is 2.27. The largest absolute Gasteiger partial charge is 0.261 e. The third-order valence-corrected chi connectivity index (χ3v) is 3.12. The molecule has 1 aromatic rings. The predicted octanol–water partition coefficient (Wildman–Crippen LogP) is 3.30. The van der Waals surface area contributed by atoms with Gasteiger partial charge in [-0.05, 0) is 30.9 Å². The van der Waals surface area contributed by atoms with Gasteiger partial charge in [0.05, 0.1) is 0 Å². The van der Waals surface area contributed by atoms with Crippen molar-refractivity contribution >= 4 is 0 Å². The first-order chi connectivity index (χ1) is 6.85. The second kappa shape index (κ2) is 3.95. The minimum absolute atomic E-state index is 1.08. The van der Waals surface area contributed by atoms with E-state index >= 15 is 0 Å². The number of fused-ring (bicyclic) bond motifs is 1. The lowest BCUT2D eigenvalue weighted by molar-refractivity contribution is 0.823. The highest BCUT2D eigenvalue weighted by Crippen LogP contribution is 2.27. The average molecular weight is 187 g/mol. The highest BCUT2D eigenvalue weighted by Gasteiger charge is 2.15. The highest BCUT2D eigenvalue weighted by atomic mass is 14.7. The number of hydrogen-bond acceptors (Lipinski definition) is 1. The van der Waals surface area contributed by atoms with E-state index in [2.05, 4.69) is 24.9 Å². The lowest BCUT2D eigenvalue weighted by Gasteiger charge is -2.20. The second-order valence-electron chi connectivity index (χ2n) is 3.88. The van der Waals surface area contributed by atoms with Crippen molar-refractivity contribution in [3.63, 3.8) is 0 Å². The number of hydrogen-bond donors (Lipinski definition) is 0. The van der Waals surface area contributed by atoms with Crippen LogP contribution in [0.3, 0.4) is 0 Å². The fourth-order valence-electron chi connectivity index (χ4n) is 2.22. The molecule has 14 heavy (non-hydrogen) atoms. The molecular formula is C13H17N. The maximum absolute atomic E-state index is 4.45. The van der Waals surface area contributed by atoms with Crippen LogP contribution in [-0.2, 0) is 12.8 Å². The molecule has 1 aliphatic rings. The van der Waals surface area contributed by atoms with Crippen molar-refractivity contribution in [3.05, 3.63) is 40.7 Å². The highest BCUT2D eigenvalue weighted by molar-refractivity contribution is 5.36. The molecule has 1 aliphatic carbocycles. The molecule has 1 nitrogen and oxygen atoms in total. The summed E-state index contributed by atoms with van der Waals surface area (Å²) in [5.41, 5.74) is 5.97. The smallest absolute Gasteiger partial charge is 0.0479 e. The van der Waals surface area contributed by atoms with E-state index in [1.807, 2.05) is 12.3 Å². The van der Waals surface area contributed by atoms with E-state index in [4.69, 9.17) is 0 Å². The summed E-state index contributed by atoms with van der Waals surface area (Å²) in [6, 6.07) is 4.26. The van der Waals surface area contributed by atoms with E-state index in [-0.39, 0.29) is 0 Å². The van der Waals surface area contributed by atoms with Gasteiger partial charge in [0.2, 0.25) is 0 Å². The molecule has 0 spiro atoms. The third-order valence-electron chi connectivity index (χ3n) is 3.12. The monoisotopic (exact) mass is 187 g/mol. The predicted molar refractivity (Wildman–Crippen MR) is 59.3 cm³/mol. The Hall–Kier alpha value is -1.11. The van der Waals surface area contributed by atoms with Crippen molar-refractivity contribution in [2.75, 3.05) is 0 Å². The molecule has 0 amide bonds. The van der Waals surface area contributed by atoms with Crippen LogP contribution in [0.25, 0.3) is 0 Å². The Morgan fingerprint density at radius 3 is 2.57 bits per heavy atom. The molecule has 1 heterocycles. The van der Waals surface area contributed by atoms with Crippen LogP contribution < -0.4 is 0 Å². The molecule has 0 unspecified atom stereocenters. The minimum Gasteiger partial charge on any atom is -0.261 e. The summed E-state index contributed by atoms with van der Waals surface area (Å²) < 4.78 is 0. The Morgan fingerprint density at radius 2 is 1.86 bits per heavy atom. The fraction of sp³-hybridized carbons (Fsp3) is 0.462. The van der Waals surface area contributed by atoms with Crippen LogP contribution in [0.15, 0.2) is 29.5 Å². The lowest BCUT2D eigenvalue weighted by atomic mass is 9.87. The van der Waals surface area contributed by atoms with Crippen molar-refractivity contribution in [2.45, 2.75) is 39.5 Å². The van der Waals surface area contributed by atoms with Crippen LogP contribution in [0.5, 0.6) is 0 Å². The SMILES string of the molecule is CCC1=C(CC)Cc2ncccc2C1. The van der Waals surface area contributed by atoms with Gasteiger partial charge < -0.3 is 0 Å². The minimum atomic E-state index is 1.08. The zero-order valence-corrected chi connectivity index (χ0v) is 9.01. The molecule has 0 aliphatic heterocycles. The van der Waals surface area contributed by atoms with E-state index in [9.17, 15) is 0 Å². The molecular weight excluding hydrogens is 170 g/mol. The topological polar surface area (TPSA) is 12.9 Å². The van der Waals surface area contributed by atoms with E-state index < -0.39 is 0 Å². The molecule has 1 aromatic heterocycles. The number of nitrogens with zero attached hydrogens (tertiary/aromatic N) is 1. The molecule has 0 radical (unpaired) electrons. The van der Waals surface area contributed by atoms with Gasteiger partial charge >= 0.3 is 0 Å². The zero-order valence-electron chi connectivity index (χ0n) is 9.01. The molecule has 0 saturated carbocycles. The lowest BCUT2D eigenvalue weighted by Crippen LogP contribution is -2.09. The first kappa shape index (κ1) is 9.45. The van der Waals surface area contributed by atoms with Gasteiger partial charge in [-0.25, -0.2) is 0 Å². The van der Waals surface area contributed by atoms with Crippen molar-refractivity contribution < 1.29 is 0 Å². The van der Waals surface area contributed by atoms with Crippen molar-refractivity contribution in [1.29, 1.82) is 0 Å². The summed E-state index contributed by atoms with van der Waals surface area (Å²) >= 11 is 0. The quantitative estimate of drug-likeness (QED) is 0.647. The van der Waals surface area contributed by atoms with Crippen LogP contribution >= 0.6 is 0 Å². The number of allylic oxidation sites excluding steroid dienone is 2. The maximum Gasteiger partial charge on any atom is 0.0479 e. The first-order valence-electron chi connectivity index (χ1n) is 5.47.